The topological polar surface area (TPSA) is 82.1 Å². The number of hydrogen-bond acceptors (Lipinski definition) is 5. The molecule has 2 N–H and O–H groups in total. The number of benzene rings is 1. The molecule has 9 heteroatoms. The van der Waals surface area contributed by atoms with E-state index in [0.29, 0.717) is 35.1 Å². The molecule has 1 aliphatic heterocycles. The molecular weight excluding hydrogens is 477 g/mol. The van der Waals surface area contributed by atoms with Crippen LogP contribution in [0.1, 0.15) is 52.0 Å². The number of amides is 2. The van der Waals surface area contributed by atoms with Crippen molar-refractivity contribution in [1.82, 2.24) is 15.1 Å². The summed E-state index contributed by atoms with van der Waals surface area (Å²) in [5, 5.41) is 13.5. The summed E-state index contributed by atoms with van der Waals surface area (Å²) in [5.41, 5.74) is 0.0527. The van der Waals surface area contributed by atoms with E-state index in [4.69, 9.17) is 27.9 Å². The maximum absolute atomic E-state index is 13.5. The molecule has 3 rings (SSSR count). The molecule has 0 aromatic heterocycles. The summed E-state index contributed by atoms with van der Waals surface area (Å²) < 4.78 is 5.41. The molecule has 0 radical (unpaired) electrons. The quantitative estimate of drug-likeness (QED) is 0.597. The first-order valence-electron chi connectivity index (χ1n) is 12.1. The van der Waals surface area contributed by atoms with Crippen LogP contribution in [0.4, 0.5) is 4.79 Å². The molecular formula is C25H37Cl2N3O4. The lowest BCUT2D eigenvalue weighted by atomic mass is 9.83. The number of nitrogens with one attached hydrogen (secondary N) is 1. The van der Waals surface area contributed by atoms with Crippen molar-refractivity contribution < 1.29 is 19.4 Å². The Labute approximate surface area is 212 Å². The van der Waals surface area contributed by atoms with E-state index in [1.807, 2.05) is 0 Å². The maximum atomic E-state index is 13.5. The highest BCUT2D eigenvalue weighted by Crippen LogP contribution is 2.29. The van der Waals surface area contributed by atoms with Crippen LogP contribution >= 0.6 is 23.2 Å². The van der Waals surface area contributed by atoms with E-state index in [9.17, 15) is 14.7 Å². The number of ether oxygens (including phenoxy) is 1. The van der Waals surface area contributed by atoms with Gasteiger partial charge in [-0.3, -0.25) is 9.69 Å². The molecule has 1 aromatic rings. The maximum Gasteiger partial charge on any atom is 0.408 e. The number of aliphatic hydroxyl groups is 1. The molecule has 1 saturated heterocycles. The molecule has 190 valence electrons. The summed E-state index contributed by atoms with van der Waals surface area (Å²) in [6, 6.07) is 4.70. The second-order valence-electron chi connectivity index (χ2n) is 10.3. The predicted molar refractivity (Wildman–Crippen MR) is 134 cm³/mol. The van der Waals surface area contributed by atoms with Crippen molar-refractivity contribution in [3.8, 4) is 0 Å². The average Bonchev–Trinajstić information content (AvgIpc) is 2.78. The van der Waals surface area contributed by atoms with E-state index in [2.05, 4.69) is 10.2 Å². The molecule has 7 nitrogen and oxygen atoms in total. The van der Waals surface area contributed by atoms with E-state index in [1.165, 1.54) is 12.8 Å². The number of rotatable bonds is 6. The molecule has 1 aromatic carbocycles. The van der Waals surface area contributed by atoms with Crippen LogP contribution in [0.3, 0.4) is 0 Å². The Kier molecular flexibility index (Phi) is 9.49. The predicted octanol–water partition coefficient (Wildman–Crippen LogP) is 4.12. The minimum atomic E-state index is -0.806. The van der Waals surface area contributed by atoms with Crippen molar-refractivity contribution in [3.05, 3.63) is 33.8 Å². The zero-order valence-electron chi connectivity index (χ0n) is 20.4. The van der Waals surface area contributed by atoms with Crippen LogP contribution in [-0.4, -0.2) is 77.4 Å². The van der Waals surface area contributed by atoms with Crippen molar-refractivity contribution in [2.24, 2.45) is 5.92 Å². The number of piperazine rings is 1. The third-order valence-corrected chi connectivity index (χ3v) is 7.21. The van der Waals surface area contributed by atoms with Gasteiger partial charge in [-0.1, -0.05) is 42.1 Å². The lowest BCUT2D eigenvalue weighted by Gasteiger charge is -2.44. The summed E-state index contributed by atoms with van der Waals surface area (Å²) in [6.45, 7) is 8.23. The number of nitrogens with zero attached hydrogens (tertiary/aromatic N) is 2. The number of alkyl carbamates (subject to hydrolysis) is 1. The van der Waals surface area contributed by atoms with Gasteiger partial charge in [0.1, 0.15) is 11.6 Å². The zero-order chi connectivity index (χ0) is 24.9. The standard InChI is InChI=1S/C25H37Cl2N3O4/c1-25(2,3)34-24(33)28-21(14-17-8-9-19(26)15-20(17)27)23(32)30-12-10-29(11-13-30)22-7-5-4-6-18(22)16-31/h8-9,15,18,21-22,31H,4-7,10-14,16H2,1-3H3,(H,28,33)/t18-,21?,22+/m1/s1. The molecule has 1 saturated carbocycles. The highest BCUT2D eigenvalue weighted by molar-refractivity contribution is 6.35. The number of halogens is 2. The number of carbonyl (C=O) groups excluding carboxylic acids is 2. The fraction of sp³-hybridized carbons (Fsp3) is 0.680. The second kappa shape index (κ2) is 11.9. The minimum Gasteiger partial charge on any atom is -0.444 e. The van der Waals surface area contributed by atoms with E-state index in [1.54, 1.807) is 43.9 Å². The lowest BCUT2D eigenvalue weighted by Crippen LogP contribution is -2.58. The Balaban J connectivity index is 1.68. The van der Waals surface area contributed by atoms with Crippen LogP contribution in [0.25, 0.3) is 0 Å². The number of aliphatic hydroxyl groups excluding tert-OH is 1. The van der Waals surface area contributed by atoms with Gasteiger partial charge in [0.2, 0.25) is 5.91 Å². The molecule has 2 amide bonds. The molecule has 2 aliphatic rings. The highest BCUT2D eigenvalue weighted by atomic mass is 35.5. The van der Waals surface area contributed by atoms with Gasteiger partial charge in [-0.05, 0) is 57.2 Å². The first-order chi connectivity index (χ1) is 16.1. The van der Waals surface area contributed by atoms with Gasteiger partial charge in [0, 0.05) is 55.3 Å². The van der Waals surface area contributed by atoms with Crippen LogP contribution in [-0.2, 0) is 16.0 Å². The van der Waals surface area contributed by atoms with Crippen molar-refractivity contribution in [2.45, 2.75) is 70.6 Å². The molecule has 34 heavy (non-hydrogen) atoms. The monoisotopic (exact) mass is 513 g/mol. The first kappa shape index (κ1) is 27.1. The van der Waals surface area contributed by atoms with E-state index >= 15 is 0 Å². The molecule has 2 fully saturated rings. The van der Waals surface area contributed by atoms with Crippen molar-refractivity contribution in [1.29, 1.82) is 0 Å². The zero-order valence-corrected chi connectivity index (χ0v) is 21.9. The van der Waals surface area contributed by atoms with Gasteiger partial charge in [0.25, 0.3) is 0 Å². The summed E-state index contributed by atoms with van der Waals surface area (Å²) in [5.74, 6) is 0.156. The van der Waals surface area contributed by atoms with Crippen LogP contribution in [0, 0.1) is 5.92 Å². The summed E-state index contributed by atoms with van der Waals surface area (Å²) in [6.07, 6.45) is 4.11. The van der Waals surface area contributed by atoms with Crippen LogP contribution in [0.15, 0.2) is 18.2 Å². The third kappa shape index (κ3) is 7.48. The normalized spacial score (nSPS) is 22.8. The highest BCUT2D eigenvalue weighted by Gasteiger charge is 2.35. The fourth-order valence-corrected chi connectivity index (χ4v) is 5.42. The van der Waals surface area contributed by atoms with Crippen molar-refractivity contribution in [2.75, 3.05) is 32.8 Å². The summed E-state index contributed by atoms with van der Waals surface area (Å²) in [7, 11) is 0. The molecule has 0 bridgehead atoms. The number of hydrogen-bond donors (Lipinski definition) is 2. The fourth-order valence-electron chi connectivity index (χ4n) is 4.93. The average molecular weight is 514 g/mol. The van der Waals surface area contributed by atoms with Crippen LogP contribution in [0.2, 0.25) is 10.0 Å². The molecule has 0 spiro atoms. The summed E-state index contributed by atoms with van der Waals surface area (Å²) >= 11 is 12.4. The van der Waals surface area contributed by atoms with Gasteiger partial charge in [-0.15, -0.1) is 0 Å². The molecule has 3 atom stereocenters. The largest absolute Gasteiger partial charge is 0.444 e. The SMILES string of the molecule is CC(C)(C)OC(=O)NC(Cc1ccc(Cl)cc1Cl)C(=O)N1CCN([C@H]2CCCC[C@@H]2CO)CC1. The van der Waals surface area contributed by atoms with Gasteiger partial charge in [-0.25, -0.2) is 4.79 Å². The Hall–Kier alpha value is -1.54. The van der Waals surface area contributed by atoms with Crippen molar-refractivity contribution in [3.63, 3.8) is 0 Å². The Morgan fingerprint density at radius 3 is 2.44 bits per heavy atom. The molecule has 1 aliphatic carbocycles. The third-order valence-electron chi connectivity index (χ3n) is 6.63. The number of carbonyl (C=O) groups is 2. The van der Waals surface area contributed by atoms with Crippen LogP contribution in [0.5, 0.6) is 0 Å². The lowest BCUT2D eigenvalue weighted by molar-refractivity contribution is -0.136. The van der Waals surface area contributed by atoms with Gasteiger partial charge < -0.3 is 20.1 Å². The van der Waals surface area contributed by atoms with E-state index in [-0.39, 0.29) is 18.9 Å². The van der Waals surface area contributed by atoms with Gasteiger partial charge in [-0.2, -0.15) is 0 Å². The van der Waals surface area contributed by atoms with Gasteiger partial charge in [0.15, 0.2) is 0 Å². The smallest absolute Gasteiger partial charge is 0.408 e. The van der Waals surface area contributed by atoms with Gasteiger partial charge >= 0.3 is 6.09 Å². The second-order valence-corrected chi connectivity index (χ2v) is 11.1. The van der Waals surface area contributed by atoms with E-state index in [0.717, 1.165) is 31.5 Å². The van der Waals surface area contributed by atoms with E-state index < -0.39 is 17.7 Å². The molecule has 1 heterocycles. The Bertz CT molecular complexity index is 853. The summed E-state index contributed by atoms with van der Waals surface area (Å²) in [4.78, 5) is 30.3. The van der Waals surface area contributed by atoms with Gasteiger partial charge in [0.05, 0.1) is 0 Å². The van der Waals surface area contributed by atoms with Crippen LogP contribution < -0.4 is 5.32 Å². The minimum absolute atomic E-state index is 0.154. The first-order valence-corrected chi connectivity index (χ1v) is 12.9. The Morgan fingerprint density at radius 2 is 1.82 bits per heavy atom. The van der Waals surface area contributed by atoms with Crippen molar-refractivity contribution >= 4 is 35.2 Å². The Morgan fingerprint density at radius 1 is 1.15 bits per heavy atom. The molecule has 1 unspecified atom stereocenters.